The highest BCUT2D eigenvalue weighted by Gasteiger charge is 2.18. The van der Waals surface area contributed by atoms with Crippen LogP contribution in [0, 0.1) is 5.82 Å². The Labute approximate surface area is 114 Å². The van der Waals surface area contributed by atoms with Crippen LogP contribution in [0.2, 0.25) is 0 Å². The minimum absolute atomic E-state index is 0.180. The molecule has 3 nitrogen and oxygen atoms in total. The lowest BCUT2D eigenvalue weighted by atomic mass is 10.0. The van der Waals surface area contributed by atoms with Gasteiger partial charge in [-0.25, -0.2) is 4.39 Å². The lowest BCUT2D eigenvalue weighted by Crippen LogP contribution is -2.42. The van der Waals surface area contributed by atoms with Gasteiger partial charge in [0, 0.05) is 25.7 Å². The summed E-state index contributed by atoms with van der Waals surface area (Å²) in [7, 11) is 1.95. The van der Waals surface area contributed by atoms with Crippen LogP contribution in [0.3, 0.4) is 0 Å². The SMILES string of the molecule is CNC(CCN1CCOC(C)C1)c1ccc(F)cc1. The van der Waals surface area contributed by atoms with E-state index in [2.05, 4.69) is 17.1 Å². The zero-order chi connectivity index (χ0) is 13.7. The average molecular weight is 266 g/mol. The third-order valence-electron chi connectivity index (χ3n) is 3.68. The molecule has 1 aliphatic rings. The van der Waals surface area contributed by atoms with Gasteiger partial charge in [-0.3, -0.25) is 4.90 Å². The Hall–Kier alpha value is -0.970. The van der Waals surface area contributed by atoms with Gasteiger partial charge in [0.25, 0.3) is 0 Å². The van der Waals surface area contributed by atoms with Crippen LogP contribution in [0.4, 0.5) is 4.39 Å². The molecule has 106 valence electrons. The van der Waals surface area contributed by atoms with E-state index < -0.39 is 0 Å². The van der Waals surface area contributed by atoms with Crippen molar-refractivity contribution in [2.75, 3.05) is 33.3 Å². The number of ether oxygens (including phenoxy) is 1. The van der Waals surface area contributed by atoms with Crippen molar-refractivity contribution in [2.45, 2.75) is 25.5 Å². The van der Waals surface area contributed by atoms with Crippen molar-refractivity contribution in [3.8, 4) is 0 Å². The molecule has 1 saturated heterocycles. The second-order valence-corrected chi connectivity index (χ2v) is 5.16. The highest BCUT2D eigenvalue weighted by Crippen LogP contribution is 2.18. The summed E-state index contributed by atoms with van der Waals surface area (Å²) < 4.78 is 18.5. The maximum Gasteiger partial charge on any atom is 0.123 e. The Morgan fingerprint density at radius 1 is 1.42 bits per heavy atom. The molecule has 1 N–H and O–H groups in total. The molecule has 1 heterocycles. The zero-order valence-corrected chi connectivity index (χ0v) is 11.7. The van der Waals surface area contributed by atoms with Crippen molar-refractivity contribution in [1.29, 1.82) is 0 Å². The fourth-order valence-corrected chi connectivity index (χ4v) is 2.58. The standard InChI is InChI=1S/C15H23FN2O/c1-12-11-18(9-10-19-12)8-7-15(17-2)13-3-5-14(16)6-4-13/h3-6,12,15,17H,7-11H2,1-2H3. The number of rotatable bonds is 5. The predicted molar refractivity (Wildman–Crippen MR) is 74.7 cm³/mol. The summed E-state index contributed by atoms with van der Waals surface area (Å²) in [5.74, 6) is -0.180. The third kappa shape index (κ3) is 4.27. The first-order chi connectivity index (χ1) is 9.19. The number of morpholine rings is 1. The topological polar surface area (TPSA) is 24.5 Å². The van der Waals surface area contributed by atoms with Gasteiger partial charge in [-0.2, -0.15) is 0 Å². The molecular formula is C15H23FN2O. The van der Waals surface area contributed by atoms with Gasteiger partial charge in [0.2, 0.25) is 0 Å². The van der Waals surface area contributed by atoms with E-state index in [1.807, 2.05) is 19.2 Å². The maximum atomic E-state index is 12.9. The molecule has 0 radical (unpaired) electrons. The summed E-state index contributed by atoms with van der Waals surface area (Å²) in [4.78, 5) is 2.43. The van der Waals surface area contributed by atoms with E-state index in [4.69, 9.17) is 4.74 Å². The third-order valence-corrected chi connectivity index (χ3v) is 3.68. The molecule has 1 aromatic rings. The lowest BCUT2D eigenvalue weighted by molar-refractivity contribution is -0.0191. The summed E-state index contributed by atoms with van der Waals surface area (Å²) in [5, 5.41) is 3.31. The molecular weight excluding hydrogens is 243 g/mol. The summed E-state index contributed by atoms with van der Waals surface area (Å²) >= 11 is 0. The van der Waals surface area contributed by atoms with Crippen molar-refractivity contribution >= 4 is 0 Å². The summed E-state index contributed by atoms with van der Waals surface area (Å²) in [6.45, 7) is 5.98. The maximum absolute atomic E-state index is 12.9. The Balaban J connectivity index is 1.87. The monoisotopic (exact) mass is 266 g/mol. The van der Waals surface area contributed by atoms with Crippen molar-refractivity contribution in [3.05, 3.63) is 35.6 Å². The fraction of sp³-hybridized carbons (Fsp3) is 0.600. The summed E-state index contributed by atoms with van der Waals surface area (Å²) in [5.41, 5.74) is 1.14. The fourth-order valence-electron chi connectivity index (χ4n) is 2.58. The first-order valence-electron chi connectivity index (χ1n) is 6.95. The van der Waals surface area contributed by atoms with Crippen molar-refractivity contribution in [2.24, 2.45) is 0 Å². The normalized spacial score (nSPS) is 22.4. The molecule has 1 fully saturated rings. The Kier molecular flexibility index (Phi) is 5.31. The molecule has 4 heteroatoms. The number of halogens is 1. The molecule has 0 spiro atoms. The quantitative estimate of drug-likeness (QED) is 0.884. The number of benzene rings is 1. The molecule has 0 saturated carbocycles. The number of hydrogen-bond acceptors (Lipinski definition) is 3. The number of hydrogen-bond donors (Lipinski definition) is 1. The van der Waals surface area contributed by atoms with Gasteiger partial charge < -0.3 is 10.1 Å². The van der Waals surface area contributed by atoms with Crippen LogP contribution in [-0.4, -0.2) is 44.3 Å². The number of nitrogens with one attached hydrogen (secondary N) is 1. The second-order valence-electron chi connectivity index (χ2n) is 5.16. The first kappa shape index (κ1) is 14.4. The molecule has 2 rings (SSSR count). The van der Waals surface area contributed by atoms with Crippen LogP contribution < -0.4 is 5.32 Å². The largest absolute Gasteiger partial charge is 0.376 e. The Bertz CT molecular complexity index is 382. The van der Waals surface area contributed by atoms with Gasteiger partial charge >= 0.3 is 0 Å². The predicted octanol–water partition coefficient (Wildman–Crippen LogP) is 2.20. The summed E-state index contributed by atoms with van der Waals surface area (Å²) in [6, 6.07) is 7.04. The van der Waals surface area contributed by atoms with Gasteiger partial charge in [0.05, 0.1) is 12.7 Å². The first-order valence-corrected chi connectivity index (χ1v) is 6.95. The second kappa shape index (κ2) is 6.98. The summed E-state index contributed by atoms with van der Waals surface area (Å²) in [6.07, 6.45) is 1.35. The van der Waals surface area contributed by atoms with Crippen LogP contribution in [0.15, 0.2) is 24.3 Å². The van der Waals surface area contributed by atoms with Crippen molar-refractivity contribution in [3.63, 3.8) is 0 Å². The van der Waals surface area contributed by atoms with Gasteiger partial charge in [-0.1, -0.05) is 12.1 Å². The average Bonchev–Trinajstić information content (AvgIpc) is 2.41. The van der Waals surface area contributed by atoms with Gasteiger partial charge in [-0.15, -0.1) is 0 Å². The molecule has 0 aromatic heterocycles. The Morgan fingerprint density at radius 3 is 2.79 bits per heavy atom. The lowest BCUT2D eigenvalue weighted by Gasteiger charge is -2.32. The molecule has 1 aliphatic heterocycles. The minimum atomic E-state index is -0.180. The molecule has 0 bridgehead atoms. The van der Waals surface area contributed by atoms with Crippen molar-refractivity contribution in [1.82, 2.24) is 10.2 Å². The van der Waals surface area contributed by atoms with Gasteiger partial charge in [0.15, 0.2) is 0 Å². The van der Waals surface area contributed by atoms with Crippen LogP contribution in [-0.2, 0) is 4.74 Å². The van der Waals surface area contributed by atoms with Crippen LogP contribution in [0.1, 0.15) is 24.9 Å². The van der Waals surface area contributed by atoms with E-state index in [0.29, 0.717) is 6.10 Å². The smallest absolute Gasteiger partial charge is 0.123 e. The van der Waals surface area contributed by atoms with Crippen LogP contribution >= 0.6 is 0 Å². The Morgan fingerprint density at radius 2 is 2.16 bits per heavy atom. The molecule has 19 heavy (non-hydrogen) atoms. The van der Waals surface area contributed by atoms with E-state index in [9.17, 15) is 4.39 Å². The highest BCUT2D eigenvalue weighted by molar-refractivity contribution is 5.19. The van der Waals surface area contributed by atoms with E-state index >= 15 is 0 Å². The van der Waals surface area contributed by atoms with Crippen LogP contribution in [0.5, 0.6) is 0 Å². The zero-order valence-electron chi connectivity index (χ0n) is 11.7. The minimum Gasteiger partial charge on any atom is -0.376 e. The van der Waals surface area contributed by atoms with Gasteiger partial charge in [0.1, 0.15) is 5.82 Å². The molecule has 2 unspecified atom stereocenters. The van der Waals surface area contributed by atoms with Gasteiger partial charge in [-0.05, 0) is 38.1 Å². The number of nitrogens with zero attached hydrogens (tertiary/aromatic N) is 1. The molecule has 0 amide bonds. The van der Waals surface area contributed by atoms with E-state index in [-0.39, 0.29) is 11.9 Å². The molecule has 0 aliphatic carbocycles. The van der Waals surface area contributed by atoms with E-state index in [1.165, 1.54) is 12.1 Å². The van der Waals surface area contributed by atoms with E-state index in [1.54, 1.807) is 0 Å². The van der Waals surface area contributed by atoms with E-state index in [0.717, 1.165) is 38.2 Å². The highest BCUT2D eigenvalue weighted by atomic mass is 19.1. The van der Waals surface area contributed by atoms with Crippen LogP contribution in [0.25, 0.3) is 0 Å². The van der Waals surface area contributed by atoms with Crippen molar-refractivity contribution < 1.29 is 9.13 Å². The molecule has 2 atom stereocenters. The molecule has 1 aromatic carbocycles.